The number of hydrogen-bond donors (Lipinski definition) is 0. The Balaban J connectivity index is 0.00000113. The molecule has 0 radical (unpaired) electrons. The lowest BCUT2D eigenvalue weighted by atomic mass is 9.92. The fraction of sp³-hybridized carbons (Fsp3) is 0.137. The number of fused-ring (bicyclic) bond motifs is 4. The second-order valence-corrected chi connectivity index (χ2v) is 13.3. The maximum atomic E-state index is 5.29. The molecule has 0 aliphatic carbocycles. The summed E-state index contributed by atoms with van der Waals surface area (Å²) in [5, 5.41) is 6.79. The Kier molecular flexibility index (Phi) is 10.9. The SMILES string of the molecule is CC.CC.Cc1ccc2c(N(c3ccccc3)c3ccc4ccccc4n3)c3cc(C)c(C)cc3c(N(c3ccccc3)c3ccc4ccccc4n3)c2c1. The minimum absolute atomic E-state index is 0.866. The summed E-state index contributed by atoms with van der Waals surface area (Å²) in [5.74, 6) is 1.73. The molecule has 4 nitrogen and oxygen atoms in total. The Morgan fingerprint density at radius 2 is 0.764 bits per heavy atom. The summed E-state index contributed by atoms with van der Waals surface area (Å²) < 4.78 is 0. The third-order valence-corrected chi connectivity index (χ3v) is 9.93. The Morgan fingerprint density at radius 1 is 0.364 bits per heavy atom. The number of para-hydroxylation sites is 4. The molecule has 0 saturated carbocycles. The van der Waals surface area contributed by atoms with Gasteiger partial charge >= 0.3 is 0 Å². The molecule has 2 heterocycles. The van der Waals surface area contributed by atoms with Gasteiger partial charge in [0.15, 0.2) is 0 Å². The Morgan fingerprint density at radius 3 is 1.24 bits per heavy atom. The first-order valence-corrected chi connectivity index (χ1v) is 19.4. The van der Waals surface area contributed by atoms with Gasteiger partial charge in [0.25, 0.3) is 0 Å². The monoisotopic (exact) mass is 716 g/mol. The molecule has 2 aromatic heterocycles. The second kappa shape index (κ2) is 16.2. The van der Waals surface area contributed by atoms with E-state index in [4.69, 9.17) is 9.97 Å². The van der Waals surface area contributed by atoms with Crippen molar-refractivity contribution in [3.05, 3.63) is 180 Å². The number of benzene rings is 7. The van der Waals surface area contributed by atoms with Gasteiger partial charge in [0.1, 0.15) is 11.6 Å². The molecule has 55 heavy (non-hydrogen) atoms. The van der Waals surface area contributed by atoms with Crippen LogP contribution in [0.25, 0.3) is 43.4 Å². The van der Waals surface area contributed by atoms with Crippen molar-refractivity contribution in [3.8, 4) is 0 Å². The highest BCUT2D eigenvalue weighted by Gasteiger charge is 2.27. The smallest absolute Gasteiger partial charge is 0.138 e. The van der Waals surface area contributed by atoms with Gasteiger partial charge in [0.2, 0.25) is 0 Å². The molecule has 0 bridgehead atoms. The molecule has 0 N–H and O–H groups in total. The third kappa shape index (κ3) is 7.00. The lowest BCUT2D eigenvalue weighted by Gasteiger charge is -2.32. The van der Waals surface area contributed by atoms with E-state index in [9.17, 15) is 0 Å². The zero-order valence-corrected chi connectivity index (χ0v) is 32.9. The van der Waals surface area contributed by atoms with Crippen molar-refractivity contribution in [2.75, 3.05) is 9.80 Å². The van der Waals surface area contributed by atoms with Gasteiger partial charge in [0.05, 0.1) is 22.4 Å². The lowest BCUT2D eigenvalue weighted by molar-refractivity contribution is 1.21. The molecule has 0 amide bonds. The Bertz CT molecular complexity index is 2740. The molecule has 9 aromatic rings. The minimum atomic E-state index is 0.866. The highest BCUT2D eigenvalue weighted by atomic mass is 15.2. The van der Waals surface area contributed by atoms with Gasteiger partial charge in [-0.15, -0.1) is 0 Å². The minimum Gasteiger partial charge on any atom is -0.294 e. The zero-order valence-electron chi connectivity index (χ0n) is 32.9. The standard InChI is InChI=1S/C47H36N4.2C2H6/c1-31-22-25-38-39(28-31)47(51(37-18-8-5-9-19-37)45-27-24-35-15-11-13-21-43(35)49-45)41-30-33(3)32(2)29-40(41)46(38)50(36-16-6-4-7-17-36)44-26-23-34-14-10-12-20-42(34)48-44;2*1-2/h4-30H,1-3H3;2*1-2H3. The van der Waals surface area contributed by atoms with Crippen LogP contribution in [-0.4, -0.2) is 9.97 Å². The van der Waals surface area contributed by atoms with Gasteiger partial charge in [0, 0.05) is 43.7 Å². The molecule has 0 aliphatic rings. The van der Waals surface area contributed by atoms with Crippen LogP contribution in [0.4, 0.5) is 34.4 Å². The van der Waals surface area contributed by atoms with Gasteiger partial charge < -0.3 is 0 Å². The summed E-state index contributed by atoms with van der Waals surface area (Å²) in [5.41, 5.74) is 9.87. The number of nitrogens with zero attached hydrogens (tertiary/aromatic N) is 4. The number of pyridine rings is 2. The van der Waals surface area contributed by atoms with Gasteiger partial charge in [-0.3, -0.25) is 9.80 Å². The van der Waals surface area contributed by atoms with Crippen LogP contribution in [0, 0.1) is 20.8 Å². The van der Waals surface area contributed by atoms with Crippen LogP contribution >= 0.6 is 0 Å². The number of anilines is 6. The van der Waals surface area contributed by atoms with Gasteiger partial charge in [-0.2, -0.15) is 0 Å². The van der Waals surface area contributed by atoms with E-state index in [0.717, 1.165) is 77.7 Å². The summed E-state index contributed by atoms with van der Waals surface area (Å²) in [6, 6.07) is 58.1. The van der Waals surface area contributed by atoms with Crippen molar-refractivity contribution < 1.29 is 0 Å². The van der Waals surface area contributed by atoms with Crippen LogP contribution in [0.5, 0.6) is 0 Å². The van der Waals surface area contributed by atoms with Crippen LogP contribution in [0.2, 0.25) is 0 Å². The largest absolute Gasteiger partial charge is 0.294 e. The summed E-state index contributed by atoms with van der Waals surface area (Å²) in [6.45, 7) is 14.6. The number of aryl methyl sites for hydroxylation is 3. The summed E-state index contributed by atoms with van der Waals surface area (Å²) in [4.78, 5) is 15.3. The summed E-state index contributed by atoms with van der Waals surface area (Å²) in [6.07, 6.45) is 0. The van der Waals surface area contributed by atoms with E-state index in [1.54, 1.807) is 0 Å². The number of aromatic nitrogens is 2. The average molecular weight is 717 g/mol. The Labute approximate surface area is 325 Å². The lowest BCUT2D eigenvalue weighted by Crippen LogP contribution is -2.16. The molecule has 0 atom stereocenters. The topological polar surface area (TPSA) is 32.3 Å². The molecular weight excluding hydrogens is 669 g/mol. The van der Waals surface area contributed by atoms with E-state index in [0.29, 0.717) is 0 Å². The molecular formula is C51H48N4. The predicted octanol–water partition coefficient (Wildman–Crippen LogP) is 15.0. The van der Waals surface area contributed by atoms with Gasteiger partial charge in [-0.25, -0.2) is 9.97 Å². The van der Waals surface area contributed by atoms with E-state index < -0.39 is 0 Å². The highest BCUT2D eigenvalue weighted by molar-refractivity contribution is 6.23. The van der Waals surface area contributed by atoms with Gasteiger partial charge in [-0.05, 0) is 111 Å². The molecule has 0 saturated heterocycles. The van der Waals surface area contributed by atoms with E-state index in [1.165, 1.54) is 16.7 Å². The van der Waals surface area contributed by atoms with Crippen LogP contribution in [0.3, 0.4) is 0 Å². The molecule has 0 aliphatic heterocycles. The van der Waals surface area contributed by atoms with E-state index in [2.05, 4.69) is 194 Å². The number of rotatable bonds is 6. The van der Waals surface area contributed by atoms with Crippen molar-refractivity contribution in [2.24, 2.45) is 0 Å². The molecule has 4 heteroatoms. The van der Waals surface area contributed by atoms with Crippen molar-refractivity contribution in [1.82, 2.24) is 9.97 Å². The van der Waals surface area contributed by atoms with Gasteiger partial charge in [-0.1, -0.05) is 118 Å². The molecule has 272 valence electrons. The fourth-order valence-electron chi connectivity index (χ4n) is 7.31. The molecule has 0 spiro atoms. The first-order valence-electron chi connectivity index (χ1n) is 19.4. The molecule has 0 unspecified atom stereocenters. The quantitative estimate of drug-likeness (QED) is 0.127. The van der Waals surface area contributed by atoms with Crippen LogP contribution < -0.4 is 9.80 Å². The molecule has 9 rings (SSSR count). The van der Waals surface area contributed by atoms with Crippen LogP contribution in [0.15, 0.2) is 164 Å². The predicted molar refractivity (Wildman–Crippen MR) is 238 cm³/mol. The Hall–Kier alpha value is -6.52. The first-order chi connectivity index (χ1) is 27.0. The van der Waals surface area contributed by atoms with Crippen LogP contribution in [0.1, 0.15) is 44.4 Å². The summed E-state index contributed by atoms with van der Waals surface area (Å²) in [7, 11) is 0. The third-order valence-electron chi connectivity index (χ3n) is 9.93. The van der Waals surface area contributed by atoms with E-state index in [1.807, 2.05) is 27.7 Å². The fourth-order valence-corrected chi connectivity index (χ4v) is 7.31. The first kappa shape index (κ1) is 36.8. The highest BCUT2D eigenvalue weighted by Crippen LogP contribution is 2.51. The van der Waals surface area contributed by atoms with Crippen molar-refractivity contribution in [2.45, 2.75) is 48.5 Å². The normalized spacial score (nSPS) is 10.8. The van der Waals surface area contributed by atoms with Crippen LogP contribution in [-0.2, 0) is 0 Å². The van der Waals surface area contributed by atoms with E-state index in [-0.39, 0.29) is 0 Å². The summed E-state index contributed by atoms with van der Waals surface area (Å²) >= 11 is 0. The van der Waals surface area contributed by atoms with Crippen molar-refractivity contribution in [3.63, 3.8) is 0 Å². The molecule has 7 aromatic carbocycles. The zero-order chi connectivity index (χ0) is 38.5. The van der Waals surface area contributed by atoms with Crippen molar-refractivity contribution >= 4 is 77.7 Å². The second-order valence-electron chi connectivity index (χ2n) is 13.3. The van der Waals surface area contributed by atoms with E-state index >= 15 is 0 Å². The van der Waals surface area contributed by atoms with Crippen molar-refractivity contribution in [1.29, 1.82) is 0 Å². The maximum Gasteiger partial charge on any atom is 0.138 e. The average Bonchev–Trinajstić information content (AvgIpc) is 3.24. The number of hydrogen-bond acceptors (Lipinski definition) is 4. The molecule has 0 fully saturated rings. The maximum absolute atomic E-state index is 5.29.